The molecule has 24 heavy (non-hydrogen) atoms. The van der Waals surface area contributed by atoms with E-state index in [0.717, 1.165) is 16.6 Å². The number of carbonyl (C=O) groups is 1. The Kier molecular flexibility index (Phi) is 4.33. The zero-order valence-electron chi connectivity index (χ0n) is 13.4. The standard InChI is InChI=1S/C19H17NO4/c1-12-4-3-5-15(10-12)20-19(22)13(2)23-16-8-6-14-7-9-18(21)24-17(14)11-16/h3-11,13H,1-2H3,(H,20,22)/t13-/m1/s1. The van der Waals surface area contributed by atoms with Crippen molar-refractivity contribution in [1.82, 2.24) is 0 Å². The van der Waals surface area contributed by atoms with Crippen molar-refractivity contribution >= 4 is 22.6 Å². The Labute approximate surface area is 138 Å². The molecule has 0 aliphatic rings. The van der Waals surface area contributed by atoms with Crippen LogP contribution in [0.5, 0.6) is 5.75 Å². The molecule has 1 atom stereocenters. The maximum Gasteiger partial charge on any atom is 0.336 e. The van der Waals surface area contributed by atoms with Crippen LogP contribution < -0.4 is 15.7 Å². The summed E-state index contributed by atoms with van der Waals surface area (Å²) >= 11 is 0. The van der Waals surface area contributed by atoms with Crippen LogP contribution in [0.3, 0.4) is 0 Å². The van der Waals surface area contributed by atoms with Gasteiger partial charge in [0.2, 0.25) is 0 Å². The summed E-state index contributed by atoms with van der Waals surface area (Å²) in [4.78, 5) is 23.5. The third-order valence-electron chi connectivity index (χ3n) is 3.56. The highest BCUT2D eigenvalue weighted by Gasteiger charge is 2.15. The number of hydrogen-bond acceptors (Lipinski definition) is 4. The summed E-state index contributed by atoms with van der Waals surface area (Å²) in [6.45, 7) is 3.62. The van der Waals surface area contributed by atoms with Gasteiger partial charge in [-0.3, -0.25) is 4.79 Å². The number of benzene rings is 2. The topological polar surface area (TPSA) is 68.5 Å². The van der Waals surface area contributed by atoms with E-state index in [2.05, 4.69) is 5.32 Å². The van der Waals surface area contributed by atoms with Crippen molar-refractivity contribution in [3.8, 4) is 5.75 Å². The first kappa shape index (κ1) is 15.8. The van der Waals surface area contributed by atoms with Crippen molar-refractivity contribution in [3.63, 3.8) is 0 Å². The molecule has 1 amide bonds. The lowest BCUT2D eigenvalue weighted by Gasteiger charge is -2.15. The quantitative estimate of drug-likeness (QED) is 0.746. The maximum atomic E-state index is 12.2. The Bertz CT molecular complexity index is 945. The molecule has 0 saturated heterocycles. The van der Waals surface area contributed by atoms with E-state index in [9.17, 15) is 9.59 Å². The predicted molar refractivity (Wildman–Crippen MR) is 92.4 cm³/mol. The van der Waals surface area contributed by atoms with Crippen molar-refractivity contribution in [2.45, 2.75) is 20.0 Å². The van der Waals surface area contributed by atoms with Crippen LogP contribution in [0.2, 0.25) is 0 Å². The normalized spacial score (nSPS) is 11.9. The smallest absolute Gasteiger partial charge is 0.336 e. The van der Waals surface area contributed by atoms with E-state index < -0.39 is 11.7 Å². The Morgan fingerprint density at radius 3 is 2.71 bits per heavy atom. The molecule has 0 bridgehead atoms. The van der Waals surface area contributed by atoms with Crippen molar-refractivity contribution in [1.29, 1.82) is 0 Å². The Hall–Kier alpha value is -3.08. The molecule has 0 radical (unpaired) electrons. The second-order valence-electron chi connectivity index (χ2n) is 5.57. The zero-order chi connectivity index (χ0) is 17.1. The van der Waals surface area contributed by atoms with E-state index in [0.29, 0.717) is 11.3 Å². The molecule has 0 aliphatic carbocycles. The van der Waals surface area contributed by atoms with Gasteiger partial charge in [0.1, 0.15) is 11.3 Å². The fourth-order valence-corrected chi connectivity index (χ4v) is 2.34. The van der Waals surface area contributed by atoms with Crippen molar-refractivity contribution in [3.05, 3.63) is 70.6 Å². The van der Waals surface area contributed by atoms with Gasteiger partial charge in [-0.25, -0.2) is 4.79 Å². The van der Waals surface area contributed by atoms with E-state index in [-0.39, 0.29) is 5.91 Å². The number of ether oxygens (including phenoxy) is 1. The molecule has 0 aliphatic heterocycles. The van der Waals surface area contributed by atoms with Gasteiger partial charge in [0.25, 0.3) is 5.91 Å². The van der Waals surface area contributed by atoms with Crippen LogP contribution in [-0.2, 0) is 4.79 Å². The summed E-state index contributed by atoms with van der Waals surface area (Å²) in [6, 6.07) is 15.7. The largest absolute Gasteiger partial charge is 0.481 e. The van der Waals surface area contributed by atoms with E-state index in [4.69, 9.17) is 9.15 Å². The monoisotopic (exact) mass is 323 g/mol. The first-order valence-corrected chi connectivity index (χ1v) is 7.59. The molecule has 5 heteroatoms. The van der Waals surface area contributed by atoms with Gasteiger partial charge < -0.3 is 14.5 Å². The lowest BCUT2D eigenvalue weighted by atomic mass is 10.2. The fourth-order valence-electron chi connectivity index (χ4n) is 2.34. The molecule has 3 rings (SSSR count). The minimum atomic E-state index is -0.696. The van der Waals surface area contributed by atoms with Gasteiger partial charge in [0.05, 0.1) is 0 Å². The molecule has 0 spiro atoms. The van der Waals surface area contributed by atoms with Crippen LogP contribution in [-0.4, -0.2) is 12.0 Å². The van der Waals surface area contributed by atoms with E-state index in [1.165, 1.54) is 6.07 Å². The lowest BCUT2D eigenvalue weighted by Crippen LogP contribution is -2.30. The highest BCUT2D eigenvalue weighted by Crippen LogP contribution is 2.21. The third kappa shape index (κ3) is 3.63. The van der Waals surface area contributed by atoms with Gasteiger partial charge in [0, 0.05) is 23.2 Å². The second-order valence-corrected chi connectivity index (χ2v) is 5.57. The molecule has 122 valence electrons. The SMILES string of the molecule is Cc1cccc(NC(=O)[C@@H](C)Oc2ccc3ccc(=O)oc3c2)c1. The molecule has 0 fully saturated rings. The maximum absolute atomic E-state index is 12.2. The van der Waals surface area contributed by atoms with Crippen molar-refractivity contribution in [2.24, 2.45) is 0 Å². The molecule has 1 N–H and O–H groups in total. The number of fused-ring (bicyclic) bond motifs is 1. The minimum Gasteiger partial charge on any atom is -0.481 e. The van der Waals surface area contributed by atoms with Crippen LogP contribution in [0.15, 0.2) is 63.8 Å². The molecule has 0 saturated carbocycles. The van der Waals surface area contributed by atoms with Gasteiger partial charge in [-0.15, -0.1) is 0 Å². The lowest BCUT2D eigenvalue weighted by molar-refractivity contribution is -0.122. The summed E-state index contributed by atoms with van der Waals surface area (Å²) in [6.07, 6.45) is -0.696. The molecule has 0 unspecified atom stereocenters. The minimum absolute atomic E-state index is 0.254. The summed E-state index contributed by atoms with van der Waals surface area (Å²) < 4.78 is 10.8. The highest BCUT2D eigenvalue weighted by atomic mass is 16.5. The second kappa shape index (κ2) is 6.58. The molecular weight excluding hydrogens is 306 g/mol. The summed E-state index contributed by atoms with van der Waals surface area (Å²) in [7, 11) is 0. The fraction of sp³-hybridized carbons (Fsp3) is 0.158. The number of rotatable bonds is 4. The van der Waals surface area contributed by atoms with Gasteiger partial charge in [-0.1, -0.05) is 12.1 Å². The number of nitrogens with one attached hydrogen (secondary N) is 1. The number of hydrogen-bond donors (Lipinski definition) is 1. The highest BCUT2D eigenvalue weighted by molar-refractivity contribution is 5.94. The van der Waals surface area contributed by atoms with Crippen LogP contribution in [0, 0.1) is 6.92 Å². The van der Waals surface area contributed by atoms with Crippen LogP contribution >= 0.6 is 0 Å². The number of carbonyl (C=O) groups excluding carboxylic acids is 1. The molecule has 2 aromatic carbocycles. The van der Waals surface area contributed by atoms with Gasteiger partial charge in [0.15, 0.2) is 6.10 Å². The predicted octanol–water partition coefficient (Wildman–Crippen LogP) is 3.51. The molecule has 3 aromatic rings. The van der Waals surface area contributed by atoms with Crippen molar-refractivity contribution in [2.75, 3.05) is 5.32 Å². The average molecular weight is 323 g/mol. The summed E-state index contributed by atoms with van der Waals surface area (Å²) in [5.74, 6) is 0.207. The first-order chi connectivity index (χ1) is 11.5. The number of amides is 1. The summed E-state index contributed by atoms with van der Waals surface area (Å²) in [5, 5.41) is 3.60. The molecule has 5 nitrogen and oxygen atoms in total. The van der Waals surface area contributed by atoms with E-state index >= 15 is 0 Å². The first-order valence-electron chi connectivity index (χ1n) is 7.59. The van der Waals surface area contributed by atoms with Crippen LogP contribution in [0.4, 0.5) is 5.69 Å². The van der Waals surface area contributed by atoms with Crippen LogP contribution in [0.1, 0.15) is 12.5 Å². The van der Waals surface area contributed by atoms with Crippen molar-refractivity contribution < 1.29 is 13.9 Å². The zero-order valence-corrected chi connectivity index (χ0v) is 13.4. The van der Waals surface area contributed by atoms with Gasteiger partial charge >= 0.3 is 5.63 Å². The third-order valence-corrected chi connectivity index (χ3v) is 3.56. The number of anilines is 1. The van der Waals surface area contributed by atoms with Gasteiger partial charge in [-0.2, -0.15) is 0 Å². The Morgan fingerprint density at radius 2 is 1.92 bits per heavy atom. The Morgan fingerprint density at radius 1 is 1.12 bits per heavy atom. The molecule has 1 aromatic heterocycles. The van der Waals surface area contributed by atoms with Gasteiger partial charge in [-0.05, 0) is 49.7 Å². The van der Waals surface area contributed by atoms with E-state index in [1.807, 2.05) is 31.2 Å². The number of aryl methyl sites for hydroxylation is 1. The molecule has 1 heterocycles. The van der Waals surface area contributed by atoms with Crippen LogP contribution in [0.25, 0.3) is 11.0 Å². The molecular formula is C19H17NO4. The summed E-state index contributed by atoms with van der Waals surface area (Å²) in [5.41, 5.74) is 1.78. The Balaban J connectivity index is 1.72. The van der Waals surface area contributed by atoms with E-state index in [1.54, 1.807) is 31.2 Å². The average Bonchev–Trinajstić information content (AvgIpc) is 2.54.